The van der Waals surface area contributed by atoms with Gasteiger partial charge in [-0.2, -0.15) is 11.8 Å². The average Bonchev–Trinajstić information content (AvgIpc) is 2.11. The summed E-state index contributed by atoms with van der Waals surface area (Å²) in [6.07, 6.45) is -1.48. The molecule has 0 heterocycles. The van der Waals surface area contributed by atoms with E-state index in [-0.39, 0.29) is 18.6 Å². The molecular weight excluding hydrogens is 224 g/mol. The van der Waals surface area contributed by atoms with Crippen molar-refractivity contribution in [2.24, 2.45) is 0 Å². The van der Waals surface area contributed by atoms with Crippen LogP contribution in [0.15, 0.2) is 0 Å². The standard InChI is InChI=1S/C8H14O6S/c9-3-5(10)4-15-6(1-7(11)12)2-8(13)14/h5-6,9-10H,1-4H2,(H,11,12)(H,13,14). The van der Waals surface area contributed by atoms with Crippen molar-refractivity contribution in [2.45, 2.75) is 24.2 Å². The van der Waals surface area contributed by atoms with Crippen LogP contribution in [-0.2, 0) is 9.59 Å². The van der Waals surface area contributed by atoms with Crippen LogP contribution in [0.4, 0.5) is 0 Å². The van der Waals surface area contributed by atoms with E-state index in [4.69, 9.17) is 20.4 Å². The van der Waals surface area contributed by atoms with Gasteiger partial charge < -0.3 is 20.4 Å². The van der Waals surface area contributed by atoms with Crippen LogP contribution in [0.2, 0.25) is 0 Å². The fourth-order valence-electron chi connectivity index (χ4n) is 0.879. The van der Waals surface area contributed by atoms with E-state index in [0.29, 0.717) is 0 Å². The molecule has 4 N–H and O–H groups in total. The minimum atomic E-state index is -1.08. The van der Waals surface area contributed by atoms with E-state index in [1.807, 2.05) is 0 Å². The summed E-state index contributed by atoms with van der Waals surface area (Å²) < 4.78 is 0. The molecule has 0 spiro atoms. The van der Waals surface area contributed by atoms with Crippen LogP contribution in [-0.4, -0.2) is 56.1 Å². The lowest BCUT2D eigenvalue weighted by atomic mass is 10.2. The predicted molar refractivity (Wildman–Crippen MR) is 53.8 cm³/mol. The number of thioether (sulfide) groups is 1. The smallest absolute Gasteiger partial charge is 0.304 e. The van der Waals surface area contributed by atoms with Gasteiger partial charge in [-0.05, 0) is 0 Å². The van der Waals surface area contributed by atoms with Gasteiger partial charge in [0.1, 0.15) is 0 Å². The molecule has 1 unspecified atom stereocenters. The summed E-state index contributed by atoms with van der Waals surface area (Å²) in [5.74, 6) is -2.03. The molecule has 15 heavy (non-hydrogen) atoms. The third-order valence-electron chi connectivity index (χ3n) is 1.54. The molecule has 0 amide bonds. The van der Waals surface area contributed by atoms with Gasteiger partial charge in [0.25, 0.3) is 0 Å². The molecule has 1 atom stereocenters. The maximum absolute atomic E-state index is 10.4. The van der Waals surface area contributed by atoms with Gasteiger partial charge in [0, 0.05) is 11.0 Å². The van der Waals surface area contributed by atoms with Gasteiger partial charge in [0.2, 0.25) is 0 Å². The van der Waals surface area contributed by atoms with Crippen molar-refractivity contribution in [1.82, 2.24) is 0 Å². The highest BCUT2D eigenvalue weighted by Crippen LogP contribution is 2.19. The molecule has 0 aliphatic heterocycles. The molecule has 7 heteroatoms. The van der Waals surface area contributed by atoms with Crippen molar-refractivity contribution in [3.8, 4) is 0 Å². The number of hydrogen-bond acceptors (Lipinski definition) is 5. The molecule has 0 saturated heterocycles. The number of aliphatic hydroxyl groups excluding tert-OH is 2. The maximum Gasteiger partial charge on any atom is 0.304 e. The Bertz CT molecular complexity index is 203. The molecule has 0 radical (unpaired) electrons. The third kappa shape index (κ3) is 8.22. The van der Waals surface area contributed by atoms with Crippen LogP contribution >= 0.6 is 11.8 Å². The second-order valence-electron chi connectivity index (χ2n) is 2.99. The minimum Gasteiger partial charge on any atom is -0.481 e. The van der Waals surface area contributed by atoms with Crippen molar-refractivity contribution < 1.29 is 30.0 Å². The zero-order valence-corrected chi connectivity index (χ0v) is 8.81. The molecule has 0 aliphatic carbocycles. The summed E-state index contributed by atoms with van der Waals surface area (Å²) in [5.41, 5.74) is 0. The Morgan fingerprint density at radius 3 is 1.93 bits per heavy atom. The van der Waals surface area contributed by atoms with Crippen LogP contribution in [0.1, 0.15) is 12.8 Å². The molecule has 0 saturated carbocycles. The largest absolute Gasteiger partial charge is 0.481 e. The first kappa shape index (κ1) is 14.2. The summed E-state index contributed by atoms with van der Waals surface area (Å²) in [5, 5.41) is 33.9. The number of carboxylic acids is 2. The molecule has 6 nitrogen and oxygen atoms in total. The summed E-state index contributed by atoms with van der Waals surface area (Å²) in [6, 6.07) is 0. The fraction of sp³-hybridized carbons (Fsp3) is 0.750. The number of carboxylic acid groups (broad SMARTS) is 2. The zero-order chi connectivity index (χ0) is 11.8. The third-order valence-corrected chi connectivity index (χ3v) is 2.92. The SMILES string of the molecule is O=C(O)CC(CC(=O)O)SCC(O)CO. The van der Waals surface area contributed by atoms with E-state index in [1.54, 1.807) is 0 Å². The molecule has 0 aromatic rings. The Balaban J connectivity index is 4.00. The van der Waals surface area contributed by atoms with E-state index in [9.17, 15) is 9.59 Å². The fourth-order valence-corrected chi connectivity index (χ4v) is 2.00. The van der Waals surface area contributed by atoms with Gasteiger partial charge in [0.15, 0.2) is 0 Å². The van der Waals surface area contributed by atoms with Gasteiger partial charge in [-0.25, -0.2) is 0 Å². The molecule has 0 bridgehead atoms. The molecular formula is C8H14O6S. The first-order valence-corrected chi connectivity index (χ1v) is 5.34. The minimum absolute atomic E-state index is 0.127. The van der Waals surface area contributed by atoms with E-state index in [2.05, 4.69) is 0 Å². The second-order valence-corrected chi connectivity index (χ2v) is 4.32. The van der Waals surface area contributed by atoms with Crippen LogP contribution in [0.25, 0.3) is 0 Å². The van der Waals surface area contributed by atoms with Crippen molar-refractivity contribution >= 4 is 23.7 Å². The average molecular weight is 238 g/mol. The molecule has 0 fully saturated rings. The lowest BCUT2D eigenvalue weighted by Gasteiger charge is -2.13. The van der Waals surface area contributed by atoms with Crippen LogP contribution in [0.3, 0.4) is 0 Å². The molecule has 0 aromatic carbocycles. The Labute approximate surface area is 90.9 Å². The van der Waals surface area contributed by atoms with E-state index in [0.717, 1.165) is 11.8 Å². The lowest BCUT2D eigenvalue weighted by Crippen LogP contribution is -2.20. The zero-order valence-electron chi connectivity index (χ0n) is 8.00. The van der Waals surface area contributed by atoms with E-state index in [1.165, 1.54) is 0 Å². The monoisotopic (exact) mass is 238 g/mol. The van der Waals surface area contributed by atoms with Crippen LogP contribution in [0.5, 0.6) is 0 Å². The number of hydrogen-bond donors (Lipinski definition) is 4. The van der Waals surface area contributed by atoms with Gasteiger partial charge in [-0.1, -0.05) is 0 Å². The van der Waals surface area contributed by atoms with Crippen LogP contribution < -0.4 is 0 Å². The molecule has 0 rings (SSSR count). The lowest BCUT2D eigenvalue weighted by molar-refractivity contribution is -0.138. The normalized spacial score (nSPS) is 12.7. The first-order chi connectivity index (χ1) is 6.95. The number of carbonyl (C=O) groups is 2. The topological polar surface area (TPSA) is 115 Å². The van der Waals surface area contributed by atoms with E-state index >= 15 is 0 Å². The van der Waals surface area contributed by atoms with Crippen molar-refractivity contribution in [3.05, 3.63) is 0 Å². The van der Waals surface area contributed by atoms with Crippen molar-refractivity contribution in [1.29, 1.82) is 0 Å². The Morgan fingerprint density at radius 1 is 1.13 bits per heavy atom. The Morgan fingerprint density at radius 2 is 1.60 bits per heavy atom. The van der Waals surface area contributed by atoms with Crippen molar-refractivity contribution in [3.63, 3.8) is 0 Å². The number of aliphatic hydroxyl groups is 2. The molecule has 0 aliphatic rings. The quantitative estimate of drug-likeness (QED) is 0.446. The van der Waals surface area contributed by atoms with Gasteiger partial charge in [0.05, 0.1) is 25.6 Å². The Kier molecular flexibility index (Phi) is 7.10. The number of aliphatic carboxylic acids is 2. The van der Waals surface area contributed by atoms with Crippen molar-refractivity contribution in [2.75, 3.05) is 12.4 Å². The summed E-state index contributed by atoms with van der Waals surface area (Å²) in [6.45, 7) is -0.417. The van der Waals surface area contributed by atoms with Crippen LogP contribution in [0, 0.1) is 0 Å². The van der Waals surface area contributed by atoms with Gasteiger partial charge in [-0.15, -0.1) is 0 Å². The summed E-state index contributed by atoms with van der Waals surface area (Å²) >= 11 is 1.04. The highest BCUT2D eigenvalue weighted by Gasteiger charge is 2.18. The Hall–Kier alpha value is -0.790. The maximum atomic E-state index is 10.4. The molecule has 0 aromatic heterocycles. The second kappa shape index (κ2) is 7.49. The highest BCUT2D eigenvalue weighted by molar-refractivity contribution is 8.00. The van der Waals surface area contributed by atoms with Gasteiger partial charge in [-0.3, -0.25) is 9.59 Å². The highest BCUT2D eigenvalue weighted by atomic mass is 32.2. The van der Waals surface area contributed by atoms with Gasteiger partial charge >= 0.3 is 11.9 Å². The van der Waals surface area contributed by atoms with E-state index < -0.39 is 29.9 Å². The predicted octanol–water partition coefficient (Wildman–Crippen LogP) is -0.609. The summed E-state index contributed by atoms with van der Waals surface area (Å²) in [4.78, 5) is 20.8. The number of rotatable bonds is 8. The first-order valence-electron chi connectivity index (χ1n) is 4.29. The molecule has 88 valence electrons. The summed E-state index contributed by atoms with van der Waals surface area (Å²) in [7, 11) is 0.